The van der Waals surface area contributed by atoms with Crippen molar-refractivity contribution in [3.05, 3.63) is 34.9 Å². The lowest BCUT2D eigenvalue weighted by Crippen LogP contribution is -2.75. The molecular formula is C22H27NO4. The number of likely N-dealkylation sites (tertiary alicyclic amines) is 1. The Labute approximate surface area is 159 Å². The Morgan fingerprint density at radius 2 is 2.11 bits per heavy atom. The van der Waals surface area contributed by atoms with Crippen LogP contribution in [0.15, 0.2) is 23.8 Å². The van der Waals surface area contributed by atoms with E-state index in [1.807, 2.05) is 12.1 Å². The number of nitrogens with zero attached hydrogens (tertiary/aromatic N) is 1. The Morgan fingerprint density at radius 3 is 2.89 bits per heavy atom. The number of hydrogen-bond donors (Lipinski definition) is 3. The second-order valence-corrected chi connectivity index (χ2v) is 9.21. The normalized spacial score (nSPS) is 40.7. The highest BCUT2D eigenvalue weighted by Crippen LogP contribution is 2.66. The van der Waals surface area contributed by atoms with Crippen LogP contribution < -0.4 is 4.74 Å². The second kappa shape index (κ2) is 5.28. The zero-order valence-corrected chi connectivity index (χ0v) is 15.5. The standard InChI is InChI=1S/C22H27NO4/c24-10-6-14-5-7-22(26)17-11-15-3-4-16(25)19-18(15)21(22,20(14)27-19)8-9-23(17)12-13-1-2-13/h3-4,6,13,17,20,24-26H,1-2,5,7-12H2/t17-,20?,21+,22-/m1/s1. The Balaban J connectivity index is 1.56. The van der Waals surface area contributed by atoms with Crippen molar-refractivity contribution < 1.29 is 20.1 Å². The number of aliphatic hydroxyl groups excluding tert-OH is 1. The third-order valence-corrected chi connectivity index (χ3v) is 8.00. The van der Waals surface area contributed by atoms with E-state index in [9.17, 15) is 15.3 Å². The van der Waals surface area contributed by atoms with Gasteiger partial charge in [-0.1, -0.05) is 12.1 Å². The van der Waals surface area contributed by atoms with Gasteiger partial charge in [0.25, 0.3) is 0 Å². The average Bonchev–Trinajstić information content (AvgIpc) is 3.39. The highest BCUT2D eigenvalue weighted by atomic mass is 16.5. The molecule has 144 valence electrons. The number of phenols is 1. The molecule has 5 nitrogen and oxygen atoms in total. The molecule has 2 heterocycles. The van der Waals surface area contributed by atoms with Gasteiger partial charge in [0.1, 0.15) is 6.10 Å². The SMILES string of the molecule is OCC=C1CC[C@@]2(O)[C@H]3Cc4ccc(O)c5c4[C@@]2(CCN3CC2CC2)C1O5. The first kappa shape index (κ1) is 16.4. The van der Waals surface area contributed by atoms with E-state index in [0.29, 0.717) is 12.2 Å². The van der Waals surface area contributed by atoms with Gasteiger partial charge in [-0.15, -0.1) is 0 Å². The maximum absolute atomic E-state index is 12.2. The highest BCUT2D eigenvalue weighted by molar-refractivity contribution is 5.64. The predicted molar refractivity (Wildman–Crippen MR) is 100.0 cm³/mol. The summed E-state index contributed by atoms with van der Waals surface area (Å²) in [7, 11) is 0. The van der Waals surface area contributed by atoms with Crippen LogP contribution >= 0.6 is 0 Å². The lowest BCUT2D eigenvalue weighted by atomic mass is 9.48. The van der Waals surface area contributed by atoms with Crippen LogP contribution in [0, 0.1) is 5.92 Å². The van der Waals surface area contributed by atoms with Gasteiger partial charge in [-0.2, -0.15) is 0 Å². The molecule has 1 saturated heterocycles. The van der Waals surface area contributed by atoms with E-state index in [1.165, 1.54) is 18.4 Å². The third kappa shape index (κ3) is 1.90. The molecule has 5 heteroatoms. The first-order valence-electron chi connectivity index (χ1n) is 10.4. The second-order valence-electron chi connectivity index (χ2n) is 9.21. The molecular weight excluding hydrogens is 342 g/mol. The van der Waals surface area contributed by atoms with Crippen LogP contribution in [-0.4, -0.2) is 57.7 Å². The molecule has 5 aliphatic rings. The lowest BCUT2D eigenvalue weighted by Gasteiger charge is -2.63. The number of benzene rings is 1. The molecule has 6 rings (SSSR count). The summed E-state index contributed by atoms with van der Waals surface area (Å²) in [6.07, 6.45) is 7.29. The topological polar surface area (TPSA) is 73.2 Å². The summed E-state index contributed by atoms with van der Waals surface area (Å²) in [5.41, 5.74) is 1.98. The molecule has 2 aliphatic heterocycles. The Bertz CT molecular complexity index is 847. The number of phenolic OH excluding ortho intramolecular Hbond substituents is 1. The molecule has 3 fully saturated rings. The van der Waals surface area contributed by atoms with Crippen molar-refractivity contribution in [2.24, 2.45) is 5.92 Å². The summed E-state index contributed by atoms with van der Waals surface area (Å²) in [4.78, 5) is 2.54. The number of hydrogen-bond acceptors (Lipinski definition) is 5. The fourth-order valence-electron chi connectivity index (χ4n) is 6.66. The molecule has 0 radical (unpaired) electrons. The van der Waals surface area contributed by atoms with Crippen LogP contribution in [-0.2, 0) is 11.8 Å². The van der Waals surface area contributed by atoms with Gasteiger partial charge in [0.2, 0.25) is 0 Å². The molecule has 1 spiro atoms. The van der Waals surface area contributed by atoms with Crippen molar-refractivity contribution >= 4 is 0 Å². The van der Waals surface area contributed by atoms with Crippen molar-refractivity contribution in [1.82, 2.24) is 4.90 Å². The van der Waals surface area contributed by atoms with Crippen LogP contribution in [0.2, 0.25) is 0 Å². The van der Waals surface area contributed by atoms with Crippen molar-refractivity contribution in [3.8, 4) is 11.5 Å². The van der Waals surface area contributed by atoms with Gasteiger partial charge < -0.3 is 20.1 Å². The van der Waals surface area contributed by atoms with Gasteiger partial charge in [0.15, 0.2) is 11.5 Å². The fraction of sp³-hybridized carbons (Fsp3) is 0.636. The summed E-state index contributed by atoms with van der Waals surface area (Å²) in [6, 6.07) is 3.87. The number of piperidine rings is 1. The van der Waals surface area contributed by atoms with Gasteiger partial charge in [-0.3, -0.25) is 4.90 Å². The zero-order valence-electron chi connectivity index (χ0n) is 15.5. The molecule has 0 aromatic heterocycles. The van der Waals surface area contributed by atoms with Crippen molar-refractivity contribution in [2.45, 2.75) is 61.7 Å². The van der Waals surface area contributed by atoms with E-state index < -0.39 is 11.0 Å². The summed E-state index contributed by atoms with van der Waals surface area (Å²) in [5.74, 6) is 1.53. The van der Waals surface area contributed by atoms with E-state index in [-0.39, 0.29) is 24.5 Å². The maximum Gasteiger partial charge on any atom is 0.166 e. The van der Waals surface area contributed by atoms with Gasteiger partial charge in [-0.25, -0.2) is 0 Å². The molecule has 4 atom stereocenters. The minimum atomic E-state index is -0.844. The average molecular weight is 369 g/mol. The smallest absolute Gasteiger partial charge is 0.166 e. The zero-order chi connectivity index (χ0) is 18.4. The molecule has 27 heavy (non-hydrogen) atoms. The van der Waals surface area contributed by atoms with Crippen LogP contribution in [0.3, 0.4) is 0 Å². The number of aromatic hydroxyl groups is 1. The molecule has 1 aromatic carbocycles. The molecule has 3 aliphatic carbocycles. The largest absolute Gasteiger partial charge is 0.504 e. The third-order valence-electron chi connectivity index (χ3n) is 8.00. The van der Waals surface area contributed by atoms with Crippen LogP contribution in [0.25, 0.3) is 0 Å². The summed E-state index contributed by atoms with van der Waals surface area (Å²) < 4.78 is 6.36. The molecule has 3 N–H and O–H groups in total. The van der Waals surface area contributed by atoms with Crippen LogP contribution in [0.5, 0.6) is 11.5 Å². The minimum Gasteiger partial charge on any atom is -0.504 e. The van der Waals surface area contributed by atoms with E-state index in [0.717, 1.165) is 49.4 Å². The van der Waals surface area contributed by atoms with Crippen LogP contribution in [0.1, 0.15) is 43.2 Å². The molecule has 0 amide bonds. The first-order chi connectivity index (χ1) is 13.1. The maximum atomic E-state index is 12.2. The summed E-state index contributed by atoms with van der Waals surface area (Å²) in [6.45, 7) is 2.04. The summed E-state index contributed by atoms with van der Waals surface area (Å²) in [5, 5.41) is 32.2. The van der Waals surface area contributed by atoms with Crippen molar-refractivity contribution in [1.29, 1.82) is 0 Å². The Hall–Kier alpha value is -1.56. The van der Waals surface area contributed by atoms with Crippen molar-refractivity contribution in [3.63, 3.8) is 0 Å². The van der Waals surface area contributed by atoms with E-state index in [2.05, 4.69) is 4.90 Å². The van der Waals surface area contributed by atoms with E-state index >= 15 is 0 Å². The van der Waals surface area contributed by atoms with Gasteiger partial charge in [0, 0.05) is 18.2 Å². The summed E-state index contributed by atoms with van der Waals surface area (Å²) >= 11 is 0. The monoisotopic (exact) mass is 369 g/mol. The highest BCUT2D eigenvalue weighted by Gasteiger charge is 2.72. The Morgan fingerprint density at radius 1 is 1.26 bits per heavy atom. The minimum absolute atomic E-state index is 0.0177. The molecule has 2 saturated carbocycles. The quantitative estimate of drug-likeness (QED) is 0.710. The van der Waals surface area contributed by atoms with E-state index in [4.69, 9.17) is 4.74 Å². The first-order valence-corrected chi connectivity index (χ1v) is 10.4. The Kier molecular flexibility index (Phi) is 3.21. The number of aliphatic hydroxyl groups is 2. The lowest BCUT2D eigenvalue weighted by molar-refractivity contribution is -0.174. The number of rotatable bonds is 3. The van der Waals surface area contributed by atoms with Gasteiger partial charge in [0.05, 0.1) is 17.6 Å². The van der Waals surface area contributed by atoms with Gasteiger partial charge in [-0.05, 0) is 68.2 Å². The fourth-order valence-corrected chi connectivity index (χ4v) is 6.66. The number of ether oxygens (including phenoxy) is 1. The molecule has 2 bridgehead atoms. The molecule has 1 aromatic rings. The predicted octanol–water partition coefficient (Wildman–Crippen LogP) is 1.87. The van der Waals surface area contributed by atoms with E-state index in [1.54, 1.807) is 6.07 Å². The van der Waals surface area contributed by atoms with Gasteiger partial charge >= 0.3 is 0 Å². The van der Waals surface area contributed by atoms with Crippen molar-refractivity contribution in [2.75, 3.05) is 19.7 Å². The molecule has 1 unspecified atom stereocenters. The van der Waals surface area contributed by atoms with Crippen LogP contribution in [0.4, 0.5) is 0 Å².